The first-order valence-corrected chi connectivity index (χ1v) is 10.7. The number of carbonyl (C=O) groups excluding carboxylic acids is 2. The van der Waals surface area contributed by atoms with Crippen LogP contribution in [0.2, 0.25) is 0 Å². The van der Waals surface area contributed by atoms with Gasteiger partial charge in [0, 0.05) is 19.5 Å². The van der Waals surface area contributed by atoms with E-state index in [0.717, 1.165) is 23.3 Å². The molecule has 0 fully saturated rings. The van der Waals surface area contributed by atoms with Crippen LogP contribution in [0, 0.1) is 0 Å². The molecule has 6 nitrogen and oxygen atoms in total. The molecule has 6 heteroatoms. The average molecular weight is 425 g/mol. The molecule has 2 amide bonds. The molecule has 1 atom stereocenters. The number of alkyl carbamates (subject to hydrolysis) is 1. The Morgan fingerprint density at radius 3 is 2.52 bits per heavy atom. The van der Waals surface area contributed by atoms with Crippen molar-refractivity contribution in [1.29, 1.82) is 0 Å². The largest absolute Gasteiger partial charge is 0.497 e. The van der Waals surface area contributed by atoms with Crippen LogP contribution in [-0.2, 0) is 22.5 Å². The number of ether oxygens (including phenoxy) is 2. The zero-order valence-corrected chi connectivity index (χ0v) is 18.8. The monoisotopic (exact) mass is 424 g/mol. The number of hydrogen-bond donors (Lipinski definition) is 1. The van der Waals surface area contributed by atoms with Crippen molar-refractivity contribution in [2.75, 3.05) is 13.7 Å². The van der Waals surface area contributed by atoms with Crippen molar-refractivity contribution < 1.29 is 19.1 Å². The van der Waals surface area contributed by atoms with Gasteiger partial charge in [0.25, 0.3) is 0 Å². The number of hydrogen-bond acceptors (Lipinski definition) is 4. The molecule has 0 aromatic heterocycles. The van der Waals surface area contributed by atoms with Gasteiger partial charge in [0.1, 0.15) is 11.4 Å². The SMILES string of the molecule is COc1ccc2c(c1)CN(C(=O)CCC(NC(=O)OC(C)(C)C)c1ccccc1)CC2. The van der Waals surface area contributed by atoms with Gasteiger partial charge in [-0.1, -0.05) is 36.4 Å². The van der Waals surface area contributed by atoms with E-state index in [-0.39, 0.29) is 11.9 Å². The van der Waals surface area contributed by atoms with Crippen molar-refractivity contribution in [3.05, 3.63) is 65.2 Å². The van der Waals surface area contributed by atoms with E-state index < -0.39 is 11.7 Å². The summed E-state index contributed by atoms with van der Waals surface area (Å²) >= 11 is 0. The van der Waals surface area contributed by atoms with Crippen LogP contribution in [0.5, 0.6) is 5.75 Å². The lowest BCUT2D eigenvalue weighted by atomic mass is 9.98. The fourth-order valence-electron chi connectivity index (χ4n) is 3.76. The molecule has 1 heterocycles. The van der Waals surface area contributed by atoms with E-state index in [4.69, 9.17) is 9.47 Å². The van der Waals surface area contributed by atoms with E-state index in [1.54, 1.807) is 7.11 Å². The van der Waals surface area contributed by atoms with E-state index in [1.807, 2.05) is 68.1 Å². The Balaban J connectivity index is 1.64. The molecule has 0 aliphatic carbocycles. The number of benzene rings is 2. The van der Waals surface area contributed by atoms with E-state index >= 15 is 0 Å². The fraction of sp³-hybridized carbons (Fsp3) is 0.440. The molecule has 1 aliphatic rings. The van der Waals surface area contributed by atoms with Crippen molar-refractivity contribution in [2.24, 2.45) is 0 Å². The van der Waals surface area contributed by atoms with E-state index in [2.05, 4.69) is 11.4 Å². The quantitative estimate of drug-likeness (QED) is 0.734. The predicted molar refractivity (Wildman–Crippen MR) is 120 cm³/mol. The molecule has 1 unspecified atom stereocenters. The molecule has 1 aliphatic heterocycles. The molecule has 0 spiro atoms. The molecule has 2 aromatic rings. The summed E-state index contributed by atoms with van der Waals surface area (Å²) in [5.41, 5.74) is 2.77. The van der Waals surface area contributed by atoms with Crippen LogP contribution >= 0.6 is 0 Å². The topological polar surface area (TPSA) is 67.9 Å². The Bertz CT molecular complexity index is 905. The first-order chi connectivity index (χ1) is 14.7. The van der Waals surface area contributed by atoms with E-state index in [0.29, 0.717) is 25.9 Å². The first-order valence-electron chi connectivity index (χ1n) is 10.7. The third-order valence-corrected chi connectivity index (χ3v) is 5.32. The summed E-state index contributed by atoms with van der Waals surface area (Å²) < 4.78 is 10.7. The van der Waals surface area contributed by atoms with Crippen molar-refractivity contribution in [3.63, 3.8) is 0 Å². The zero-order valence-electron chi connectivity index (χ0n) is 18.8. The Hall–Kier alpha value is -3.02. The van der Waals surface area contributed by atoms with Crippen LogP contribution in [0.3, 0.4) is 0 Å². The highest BCUT2D eigenvalue weighted by Crippen LogP contribution is 2.25. The number of rotatable bonds is 6. The first kappa shape index (κ1) is 22.7. The van der Waals surface area contributed by atoms with Crippen LogP contribution in [0.1, 0.15) is 56.3 Å². The number of fused-ring (bicyclic) bond motifs is 1. The number of methoxy groups -OCH3 is 1. The van der Waals surface area contributed by atoms with Crippen LogP contribution in [0.15, 0.2) is 48.5 Å². The van der Waals surface area contributed by atoms with Gasteiger partial charge in [0.15, 0.2) is 0 Å². The molecule has 31 heavy (non-hydrogen) atoms. The summed E-state index contributed by atoms with van der Waals surface area (Å²) in [5, 5.41) is 2.93. The number of amides is 2. The van der Waals surface area contributed by atoms with Crippen molar-refractivity contribution in [1.82, 2.24) is 10.2 Å². The summed E-state index contributed by atoms with van der Waals surface area (Å²) in [7, 11) is 1.65. The number of nitrogens with one attached hydrogen (secondary N) is 1. The van der Waals surface area contributed by atoms with Gasteiger partial charge >= 0.3 is 6.09 Å². The number of carbonyl (C=O) groups is 2. The van der Waals surface area contributed by atoms with Gasteiger partial charge in [0.05, 0.1) is 13.2 Å². The van der Waals surface area contributed by atoms with Gasteiger partial charge in [-0.25, -0.2) is 4.79 Å². The zero-order chi connectivity index (χ0) is 22.4. The Morgan fingerprint density at radius 2 is 1.84 bits per heavy atom. The minimum Gasteiger partial charge on any atom is -0.497 e. The van der Waals surface area contributed by atoms with Crippen molar-refractivity contribution >= 4 is 12.0 Å². The van der Waals surface area contributed by atoms with Crippen LogP contribution in [0.25, 0.3) is 0 Å². The summed E-state index contributed by atoms with van der Waals surface area (Å²) in [6.45, 7) is 6.78. The van der Waals surface area contributed by atoms with Crippen LogP contribution in [0.4, 0.5) is 4.79 Å². The summed E-state index contributed by atoms with van der Waals surface area (Å²) in [6, 6.07) is 15.4. The van der Waals surface area contributed by atoms with Crippen LogP contribution in [-0.4, -0.2) is 36.2 Å². The molecule has 0 radical (unpaired) electrons. The normalized spacial score (nSPS) is 14.4. The second-order valence-electron chi connectivity index (χ2n) is 8.85. The highest BCUT2D eigenvalue weighted by molar-refractivity contribution is 5.77. The van der Waals surface area contributed by atoms with Gasteiger partial charge in [-0.05, 0) is 62.4 Å². The highest BCUT2D eigenvalue weighted by Gasteiger charge is 2.24. The molecular weight excluding hydrogens is 392 g/mol. The fourth-order valence-corrected chi connectivity index (χ4v) is 3.76. The Morgan fingerprint density at radius 1 is 1.10 bits per heavy atom. The van der Waals surface area contributed by atoms with Gasteiger partial charge < -0.3 is 19.7 Å². The average Bonchev–Trinajstić information content (AvgIpc) is 2.74. The lowest BCUT2D eigenvalue weighted by Gasteiger charge is -2.30. The van der Waals surface area contributed by atoms with Gasteiger partial charge in [-0.15, -0.1) is 0 Å². The summed E-state index contributed by atoms with van der Waals surface area (Å²) in [6.07, 6.45) is 1.20. The Labute approximate surface area is 184 Å². The maximum Gasteiger partial charge on any atom is 0.408 e. The van der Waals surface area contributed by atoms with Gasteiger partial charge in [-0.2, -0.15) is 0 Å². The molecule has 0 saturated heterocycles. The van der Waals surface area contributed by atoms with Crippen molar-refractivity contribution in [2.45, 2.75) is 58.2 Å². The van der Waals surface area contributed by atoms with Gasteiger partial charge in [0.2, 0.25) is 5.91 Å². The molecule has 0 bridgehead atoms. The lowest BCUT2D eigenvalue weighted by molar-refractivity contribution is -0.132. The smallest absolute Gasteiger partial charge is 0.408 e. The standard InChI is InChI=1S/C25H32N2O4/c1-25(2,3)31-24(29)26-22(19-8-6-5-7-9-19)12-13-23(28)27-15-14-18-10-11-21(30-4)16-20(18)17-27/h5-11,16,22H,12-15,17H2,1-4H3,(H,26,29). The van der Waals surface area contributed by atoms with Crippen molar-refractivity contribution in [3.8, 4) is 5.75 Å². The van der Waals surface area contributed by atoms with Crippen LogP contribution < -0.4 is 10.1 Å². The molecular formula is C25H32N2O4. The van der Waals surface area contributed by atoms with E-state index in [1.165, 1.54) is 5.56 Å². The minimum absolute atomic E-state index is 0.0837. The minimum atomic E-state index is -0.580. The summed E-state index contributed by atoms with van der Waals surface area (Å²) in [4.78, 5) is 27.2. The molecule has 3 rings (SSSR count). The third-order valence-electron chi connectivity index (χ3n) is 5.32. The predicted octanol–water partition coefficient (Wildman–Crippen LogP) is 4.63. The third kappa shape index (κ3) is 6.48. The van der Waals surface area contributed by atoms with E-state index in [9.17, 15) is 9.59 Å². The lowest BCUT2D eigenvalue weighted by Crippen LogP contribution is -2.38. The summed E-state index contributed by atoms with van der Waals surface area (Å²) in [5.74, 6) is 0.888. The molecule has 0 saturated carbocycles. The highest BCUT2D eigenvalue weighted by atomic mass is 16.6. The molecule has 2 aromatic carbocycles. The second-order valence-corrected chi connectivity index (χ2v) is 8.85. The molecule has 166 valence electrons. The maximum absolute atomic E-state index is 13.0. The maximum atomic E-state index is 13.0. The Kier molecular flexibility index (Phi) is 7.21. The number of nitrogens with zero attached hydrogens (tertiary/aromatic N) is 1. The second kappa shape index (κ2) is 9.86. The molecule has 1 N–H and O–H groups in total. The van der Waals surface area contributed by atoms with Gasteiger partial charge in [-0.3, -0.25) is 4.79 Å².